The third-order valence-corrected chi connectivity index (χ3v) is 7.45. The van der Waals surface area contributed by atoms with Gasteiger partial charge in [0.1, 0.15) is 11.5 Å². The monoisotopic (exact) mass is 543 g/mol. The van der Waals surface area contributed by atoms with Crippen LogP contribution in [0.3, 0.4) is 0 Å². The van der Waals surface area contributed by atoms with Gasteiger partial charge in [0.15, 0.2) is 0 Å². The number of ether oxygens (including phenoxy) is 1. The van der Waals surface area contributed by atoms with E-state index < -0.39 is 32.6 Å². The van der Waals surface area contributed by atoms with Crippen LogP contribution in [-0.2, 0) is 27.5 Å². The van der Waals surface area contributed by atoms with Crippen molar-refractivity contribution in [2.45, 2.75) is 17.7 Å². The van der Waals surface area contributed by atoms with E-state index >= 15 is 0 Å². The zero-order chi connectivity index (χ0) is 25.8. The van der Waals surface area contributed by atoms with Crippen molar-refractivity contribution in [2.24, 2.45) is 0 Å². The van der Waals surface area contributed by atoms with Crippen LogP contribution in [-0.4, -0.2) is 20.9 Å². The maximum atomic E-state index is 13.4. The first-order valence-electron chi connectivity index (χ1n) is 9.96. The van der Waals surface area contributed by atoms with Crippen molar-refractivity contribution in [3.63, 3.8) is 0 Å². The van der Waals surface area contributed by atoms with Gasteiger partial charge in [-0.15, -0.1) is 6.58 Å². The number of hydrogen-bond donors (Lipinski definition) is 0. The average molecular weight is 544 g/mol. The summed E-state index contributed by atoms with van der Waals surface area (Å²) in [4.78, 5) is 12.1. The largest absolute Gasteiger partial charge is 0.457 e. The van der Waals surface area contributed by atoms with Crippen LogP contribution in [0.25, 0.3) is 0 Å². The number of benzene rings is 3. The predicted molar refractivity (Wildman–Crippen MR) is 128 cm³/mol. The minimum absolute atomic E-state index is 0.123. The van der Waals surface area contributed by atoms with Crippen molar-refractivity contribution >= 4 is 44.9 Å². The van der Waals surface area contributed by atoms with Crippen LogP contribution in [0.5, 0.6) is 0 Å². The van der Waals surface area contributed by atoms with Gasteiger partial charge in [0.2, 0.25) is 0 Å². The highest BCUT2D eigenvalue weighted by atomic mass is 35.5. The fourth-order valence-corrected chi connectivity index (χ4v) is 5.21. The summed E-state index contributed by atoms with van der Waals surface area (Å²) in [5.74, 6) is -0.840. The number of halogens is 5. The molecule has 0 bridgehead atoms. The summed E-state index contributed by atoms with van der Waals surface area (Å²) in [6.45, 7) is 2.98. The molecule has 35 heavy (non-hydrogen) atoms. The minimum atomic E-state index is -4.68. The van der Waals surface area contributed by atoms with Crippen LogP contribution < -0.4 is 4.31 Å². The number of anilines is 1. The van der Waals surface area contributed by atoms with Crippen LogP contribution in [0.1, 0.15) is 21.5 Å². The molecule has 3 aromatic carbocycles. The normalized spacial score (nSPS) is 11.7. The average Bonchev–Trinajstić information content (AvgIpc) is 2.81. The number of hydrogen-bond acceptors (Lipinski definition) is 4. The molecule has 0 aliphatic heterocycles. The predicted octanol–water partition coefficient (Wildman–Crippen LogP) is 6.75. The van der Waals surface area contributed by atoms with Gasteiger partial charge in [-0.1, -0.05) is 53.5 Å². The van der Waals surface area contributed by atoms with E-state index in [1.165, 1.54) is 24.3 Å². The third-order valence-electron chi connectivity index (χ3n) is 4.81. The Morgan fingerprint density at radius 3 is 2.37 bits per heavy atom. The van der Waals surface area contributed by atoms with Gasteiger partial charge in [-0.25, -0.2) is 13.2 Å². The molecule has 0 aliphatic rings. The molecular formula is C24H18Cl2F3NO4S. The molecule has 0 N–H and O–H groups in total. The molecule has 0 heterocycles. The van der Waals surface area contributed by atoms with Crippen LogP contribution >= 0.6 is 23.2 Å². The molecule has 0 unspecified atom stereocenters. The molecule has 0 aromatic heterocycles. The molecule has 3 aromatic rings. The molecule has 3 rings (SSSR count). The molecule has 0 amide bonds. The molecule has 0 atom stereocenters. The maximum absolute atomic E-state index is 13.4. The van der Waals surface area contributed by atoms with Gasteiger partial charge < -0.3 is 4.74 Å². The van der Waals surface area contributed by atoms with Crippen LogP contribution in [0.2, 0.25) is 10.0 Å². The first-order valence-corrected chi connectivity index (χ1v) is 12.2. The molecule has 0 fully saturated rings. The first kappa shape index (κ1) is 26.6. The Hall–Kier alpha value is -3.01. The standard InChI is InChI=1S/C24H18Cl2F3NO4S/c1-2-12-30(19-8-5-7-18(14-19)24(27,28)29)35(32,33)22-13-16(10-11-21(22)26)23(31)34-15-17-6-3-4-9-20(17)25/h2-11,13-14H,1,12,15H2. The Labute approximate surface area is 210 Å². The Kier molecular flexibility index (Phi) is 8.15. The minimum Gasteiger partial charge on any atom is -0.457 e. The molecule has 0 saturated carbocycles. The lowest BCUT2D eigenvalue weighted by molar-refractivity contribution is -0.137. The quantitative estimate of drug-likeness (QED) is 0.233. The highest BCUT2D eigenvalue weighted by molar-refractivity contribution is 7.93. The van der Waals surface area contributed by atoms with E-state index in [4.69, 9.17) is 27.9 Å². The number of esters is 1. The Morgan fingerprint density at radius 2 is 1.71 bits per heavy atom. The van der Waals surface area contributed by atoms with E-state index in [0.717, 1.165) is 22.5 Å². The second kappa shape index (κ2) is 10.7. The molecule has 5 nitrogen and oxygen atoms in total. The molecule has 11 heteroatoms. The smallest absolute Gasteiger partial charge is 0.416 e. The van der Waals surface area contributed by atoms with Crippen molar-refractivity contribution in [2.75, 3.05) is 10.8 Å². The van der Waals surface area contributed by atoms with E-state index in [1.807, 2.05) is 0 Å². The van der Waals surface area contributed by atoms with Crippen molar-refractivity contribution in [3.05, 3.63) is 106 Å². The Morgan fingerprint density at radius 1 is 1.00 bits per heavy atom. The van der Waals surface area contributed by atoms with Gasteiger partial charge in [0.05, 0.1) is 28.4 Å². The third kappa shape index (κ3) is 6.17. The van der Waals surface area contributed by atoms with Crippen molar-refractivity contribution in [1.82, 2.24) is 0 Å². The number of nitrogens with zero attached hydrogens (tertiary/aromatic N) is 1. The van der Waals surface area contributed by atoms with E-state index in [1.54, 1.807) is 24.3 Å². The summed E-state index contributed by atoms with van der Waals surface area (Å²) in [6.07, 6.45) is -3.46. The van der Waals surface area contributed by atoms with Gasteiger partial charge in [-0.05, 0) is 42.5 Å². The fraction of sp³-hybridized carbons (Fsp3) is 0.125. The number of alkyl halides is 3. The zero-order valence-electron chi connectivity index (χ0n) is 17.9. The fourth-order valence-electron chi connectivity index (χ4n) is 3.09. The van der Waals surface area contributed by atoms with Gasteiger partial charge in [0.25, 0.3) is 10.0 Å². The summed E-state index contributed by atoms with van der Waals surface area (Å²) in [5, 5.41) is 0.162. The molecule has 0 aliphatic carbocycles. The zero-order valence-corrected chi connectivity index (χ0v) is 20.3. The van der Waals surface area contributed by atoms with Gasteiger partial charge in [0, 0.05) is 10.6 Å². The van der Waals surface area contributed by atoms with Crippen molar-refractivity contribution in [1.29, 1.82) is 0 Å². The molecule has 0 radical (unpaired) electrons. The SMILES string of the molecule is C=CCN(c1cccc(C(F)(F)F)c1)S(=O)(=O)c1cc(C(=O)OCc2ccccc2Cl)ccc1Cl. The molecule has 0 saturated heterocycles. The van der Waals surface area contributed by atoms with Gasteiger partial charge in [-0.3, -0.25) is 4.31 Å². The van der Waals surface area contributed by atoms with Crippen LogP contribution in [0.4, 0.5) is 18.9 Å². The summed E-state index contributed by atoms with van der Waals surface area (Å²) >= 11 is 12.2. The first-order chi connectivity index (χ1) is 16.4. The second-order valence-electron chi connectivity index (χ2n) is 7.19. The number of carbonyl (C=O) groups is 1. The Balaban J connectivity index is 1.96. The van der Waals surface area contributed by atoms with Gasteiger partial charge in [-0.2, -0.15) is 13.2 Å². The van der Waals surface area contributed by atoms with E-state index in [2.05, 4.69) is 6.58 Å². The van der Waals surface area contributed by atoms with Crippen LogP contribution in [0, 0.1) is 0 Å². The summed E-state index contributed by atoms with van der Waals surface area (Å²) in [5.41, 5.74) is -0.849. The summed E-state index contributed by atoms with van der Waals surface area (Å²) < 4.78 is 72.4. The van der Waals surface area contributed by atoms with Crippen molar-refractivity contribution in [3.8, 4) is 0 Å². The molecule has 0 spiro atoms. The topological polar surface area (TPSA) is 63.7 Å². The van der Waals surface area contributed by atoms with E-state index in [0.29, 0.717) is 16.7 Å². The lowest BCUT2D eigenvalue weighted by Crippen LogP contribution is -2.31. The lowest BCUT2D eigenvalue weighted by Gasteiger charge is -2.24. The number of rotatable bonds is 8. The lowest BCUT2D eigenvalue weighted by atomic mass is 10.2. The molecular weight excluding hydrogens is 526 g/mol. The summed E-state index contributed by atoms with van der Waals surface area (Å²) in [7, 11) is -4.51. The number of carbonyl (C=O) groups excluding carboxylic acids is 1. The Bertz CT molecular complexity index is 1360. The molecule has 184 valence electrons. The second-order valence-corrected chi connectivity index (χ2v) is 9.83. The maximum Gasteiger partial charge on any atom is 0.416 e. The highest BCUT2D eigenvalue weighted by Crippen LogP contribution is 2.34. The van der Waals surface area contributed by atoms with E-state index in [-0.39, 0.29) is 29.4 Å². The highest BCUT2D eigenvalue weighted by Gasteiger charge is 2.33. The summed E-state index contributed by atoms with van der Waals surface area (Å²) in [6, 6.07) is 14.0. The number of sulfonamides is 1. The van der Waals surface area contributed by atoms with Crippen LogP contribution in [0.15, 0.2) is 84.3 Å². The van der Waals surface area contributed by atoms with Crippen molar-refractivity contribution < 1.29 is 31.1 Å². The van der Waals surface area contributed by atoms with E-state index in [9.17, 15) is 26.4 Å². The van der Waals surface area contributed by atoms with Gasteiger partial charge >= 0.3 is 12.1 Å².